The van der Waals surface area contributed by atoms with E-state index in [0.29, 0.717) is 12.1 Å². The second-order valence-corrected chi connectivity index (χ2v) is 4.53. The Bertz CT molecular complexity index is 451. The Balaban J connectivity index is 2.90. The van der Waals surface area contributed by atoms with Gasteiger partial charge in [-0.25, -0.2) is 4.39 Å². The SMILES string of the molecule is CCC(Br)C(=O)Nc1ccc(F)c(C(N)=O)c1. The number of rotatable bonds is 4. The summed E-state index contributed by atoms with van der Waals surface area (Å²) in [6.07, 6.45) is 0.621. The van der Waals surface area contributed by atoms with Crippen molar-refractivity contribution in [2.24, 2.45) is 5.73 Å². The van der Waals surface area contributed by atoms with E-state index in [0.717, 1.165) is 6.07 Å². The number of anilines is 1. The number of benzene rings is 1. The molecule has 1 atom stereocenters. The number of primary amides is 1. The molecule has 1 unspecified atom stereocenters. The van der Waals surface area contributed by atoms with Crippen molar-refractivity contribution in [1.82, 2.24) is 0 Å². The Morgan fingerprint density at radius 2 is 2.18 bits per heavy atom. The zero-order valence-corrected chi connectivity index (χ0v) is 10.8. The Morgan fingerprint density at radius 3 is 2.71 bits per heavy atom. The Hall–Kier alpha value is -1.43. The van der Waals surface area contributed by atoms with Crippen LogP contribution in [0.1, 0.15) is 23.7 Å². The van der Waals surface area contributed by atoms with Gasteiger partial charge < -0.3 is 11.1 Å². The third kappa shape index (κ3) is 3.52. The predicted octanol–water partition coefficient (Wildman–Crippen LogP) is 2.04. The molecule has 0 aromatic heterocycles. The smallest absolute Gasteiger partial charge is 0.251 e. The van der Waals surface area contributed by atoms with Gasteiger partial charge >= 0.3 is 0 Å². The summed E-state index contributed by atoms with van der Waals surface area (Å²) in [5, 5.41) is 2.55. The lowest BCUT2D eigenvalue weighted by Gasteiger charge is -2.09. The van der Waals surface area contributed by atoms with Crippen LogP contribution in [0.2, 0.25) is 0 Å². The summed E-state index contributed by atoms with van der Waals surface area (Å²) >= 11 is 3.18. The number of nitrogens with two attached hydrogens (primary N) is 1. The minimum atomic E-state index is -0.871. The first-order chi connectivity index (χ1) is 7.95. The van der Waals surface area contributed by atoms with Crippen molar-refractivity contribution in [3.63, 3.8) is 0 Å². The van der Waals surface area contributed by atoms with Crippen molar-refractivity contribution in [3.05, 3.63) is 29.6 Å². The molecule has 0 fully saturated rings. The van der Waals surface area contributed by atoms with E-state index in [9.17, 15) is 14.0 Å². The van der Waals surface area contributed by atoms with Crippen LogP contribution in [0.4, 0.5) is 10.1 Å². The highest BCUT2D eigenvalue weighted by molar-refractivity contribution is 9.10. The molecule has 2 amide bonds. The van der Waals surface area contributed by atoms with Crippen LogP contribution < -0.4 is 11.1 Å². The molecule has 1 rings (SSSR count). The van der Waals surface area contributed by atoms with E-state index in [2.05, 4.69) is 21.2 Å². The molecule has 6 heteroatoms. The molecule has 0 radical (unpaired) electrons. The molecular weight excluding hydrogens is 291 g/mol. The van der Waals surface area contributed by atoms with Crippen molar-refractivity contribution in [2.45, 2.75) is 18.2 Å². The third-order valence-electron chi connectivity index (χ3n) is 2.14. The second-order valence-electron chi connectivity index (χ2n) is 3.42. The molecule has 4 nitrogen and oxygen atoms in total. The number of nitrogens with one attached hydrogen (secondary N) is 1. The van der Waals surface area contributed by atoms with Crippen LogP contribution in [0.15, 0.2) is 18.2 Å². The molecule has 1 aromatic rings. The van der Waals surface area contributed by atoms with Crippen LogP contribution in [0.25, 0.3) is 0 Å². The number of hydrogen-bond acceptors (Lipinski definition) is 2. The van der Waals surface area contributed by atoms with Gasteiger partial charge in [-0.2, -0.15) is 0 Å². The molecule has 3 N–H and O–H groups in total. The van der Waals surface area contributed by atoms with Crippen LogP contribution in [-0.4, -0.2) is 16.6 Å². The summed E-state index contributed by atoms with van der Waals surface area (Å²) in [6, 6.07) is 3.67. The largest absolute Gasteiger partial charge is 0.366 e. The van der Waals surface area contributed by atoms with E-state index in [1.165, 1.54) is 12.1 Å². The van der Waals surface area contributed by atoms with Crippen molar-refractivity contribution in [3.8, 4) is 0 Å². The van der Waals surface area contributed by atoms with Crippen molar-refractivity contribution in [1.29, 1.82) is 0 Å². The summed E-state index contributed by atoms with van der Waals surface area (Å²) < 4.78 is 13.2. The molecule has 17 heavy (non-hydrogen) atoms. The van der Waals surface area contributed by atoms with Gasteiger partial charge in [-0.1, -0.05) is 22.9 Å². The van der Waals surface area contributed by atoms with Crippen LogP contribution in [0.5, 0.6) is 0 Å². The molecule has 1 aromatic carbocycles. The molecule has 92 valence electrons. The van der Waals surface area contributed by atoms with Gasteiger partial charge in [0, 0.05) is 5.69 Å². The maximum absolute atomic E-state index is 13.2. The summed E-state index contributed by atoms with van der Waals surface area (Å²) in [4.78, 5) is 22.1. The zero-order chi connectivity index (χ0) is 13.0. The number of hydrogen-bond donors (Lipinski definition) is 2. The Kier molecular flexibility index (Phi) is 4.62. The fraction of sp³-hybridized carbons (Fsp3) is 0.273. The molecule has 0 aliphatic carbocycles. The van der Waals surface area contributed by atoms with Gasteiger partial charge in [-0.05, 0) is 24.6 Å². The first-order valence-corrected chi connectivity index (χ1v) is 5.91. The van der Waals surface area contributed by atoms with E-state index in [4.69, 9.17) is 5.73 Å². The third-order valence-corrected chi connectivity index (χ3v) is 3.21. The monoisotopic (exact) mass is 302 g/mol. The van der Waals surface area contributed by atoms with Crippen LogP contribution >= 0.6 is 15.9 Å². The van der Waals surface area contributed by atoms with E-state index in [1.807, 2.05) is 6.92 Å². The van der Waals surface area contributed by atoms with Gasteiger partial charge in [-0.15, -0.1) is 0 Å². The van der Waals surface area contributed by atoms with E-state index >= 15 is 0 Å². The quantitative estimate of drug-likeness (QED) is 0.835. The van der Waals surface area contributed by atoms with Crippen molar-refractivity contribution >= 4 is 33.4 Å². The summed E-state index contributed by atoms with van der Waals surface area (Å²) in [6.45, 7) is 1.85. The Morgan fingerprint density at radius 1 is 1.53 bits per heavy atom. The standard InChI is InChI=1S/C11H12BrFN2O2/c1-2-8(12)11(17)15-6-3-4-9(13)7(5-6)10(14)16/h3-5,8H,2H2,1H3,(H2,14,16)(H,15,17). The van der Waals surface area contributed by atoms with Crippen molar-refractivity contribution in [2.75, 3.05) is 5.32 Å². The van der Waals surface area contributed by atoms with Gasteiger partial charge in [0.2, 0.25) is 5.91 Å². The first kappa shape index (κ1) is 13.6. The Labute approximate surface area is 107 Å². The molecule has 0 spiro atoms. The lowest BCUT2D eigenvalue weighted by molar-refractivity contribution is -0.115. The maximum Gasteiger partial charge on any atom is 0.251 e. The summed E-state index contributed by atoms with van der Waals surface area (Å²) in [5.41, 5.74) is 5.09. The second kappa shape index (κ2) is 5.77. The van der Waals surface area contributed by atoms with Crippen LogP contribution in [0.3, 0.4) is 0 Å². The highest BCUT2D eigenvalue weighted by atomic mass is 79.9. The van der Waals surface area contributed by atoms with Gasteiger partial charge in [-0.3, -0.25) is 9.59 Å². The molecule has 0 saturated carbocycles. The first-order valence-electron chi connectivity index (χ1n) is 5.00. The minimum absolute atomic E-state index is 0.245. The average Bonchev–Trinajstić information content (AvgIpc) is 2.30. The summed E-state index contributed by atoms with van der Waals surface area (Å²) in [5.74, 6) is -1.83. The number of carbonyl (C=O) groups is 2. The lowest BCUT2D eigenvalue weighted by atomic mass is 10.1. The average molecular weight is 303 g/mol. The van der Waals surface area contributed by atoms with Crippen LogP contribution in [0, 0.1) is 5.82 Å². The van der Waals surface area contributed by atoms with E-state index in [1.54, 1.807) is 0 Å². The van der Waals surface area contributed by atoms with Gasteiger partial charge in [0.25, 0.3) is 5.91 Å². The number of alkyl halides is 1. The number of carbonyl (C=O) groups excluding carboxylic acids is 2. The van der Waals surface area contributed by atoms with E-state index in [-0.39, 0.29) is 16.3 Å². The highest BCUT2D eigenvalue weighted by Gasteiger charge is 2.14. The minimum Gasteiger partial charge on any atom is -0.366 e. The summed E-state index contributed by atoms with van der Waals surface area (Å²) in [7, 11) is 0. The normalized spacial score (nSPS) is 11.9. The molecular formula is C11H12BrFN2O2. The number of halogens is 2. The van der Waals surface area contributed by atoms with Gasteiger partial charge in [0.15, 0.2) is 0 Å². The topological polar surface area (TPSA) is 72.2 Å². The number of amides is 2. The molecule has 0 aliphatic rings. The van der Waals surface area contributed by atoms with E-state index < -0.39 is 11.7 Å². The molecule has 0 aliphatic heterocycles. The lowest BCUT2D eigenvalue weighted by Crippen LogP contribution is -2.22. The van der Waals surface area contributed by atoms with Gasteiger partial charge in [0.05, 0.1) is 10.4 Å². The van der Waals surface area contributed by atoms with Gasteiger partial charge in [0.1, 0.15) is 5.82 Å². The zero-order valence-electron chi connectivity index (χ0n) is 9.17. The molecule has 0 bridgehead atoms. The van der Waals surface area contributed by atoms with Crippen molar-refractivity contribution < 1.29 is 14.0 Å². The highest BCUT2D eigenvalue weighted by Crippen LogP contribution is 2.16. The predicted molar refractivity (Wildman–Crippen MR) is 66.6 cm³/mol. The molecule has 0 saturated heterocycles. The molecule has 0 heterocycles. The maximum atomic E-state index is 13.2. The fourth-order valence-corrected chi connectivity index (χ4v) is 1.31. The fourth-order valence-electron chi connectivity index (χ4n) is 1.20. The van der Waals surface area contributed by atoms with Crippen LogP contribution in [-0.2, 0) is 4.79 Å².